The minimum atomic E-state index is -0.140. The van der Waals surface area contributed by atoms with Crippen molar-refractivity contribution in [3.05, 3.63) is 60.5 Å². The molecule has 0 aliphatic carbocycles. The maximum Gasteiger partial charge on any atom is 0.254 e. The molecule has 0 aromatic rings. The van der Waals surface area contributed by atoms with Gasteiger partial charge in [0.15, 0.2) is 0 Å². The number of carbonyl (C=O) groups excluding carboxylic acids is 1. The van der Waals surface area contributed by atoms with Crippen LogP contribution in [0.25, 0.3) is 0 Å². The van der Waals surface area contributed by atoms with Crippen molar-refractivity contribution in [3.8, 4) is 0 Å². The van der Waals surface area contributed by atoms with E-state index in [4.69, 9.17) is 0 Å². The van der Waals surface area contributed by atoms with Crippen molar-refractivity contribution < 1.29 is 4.79 Å². The number of amides is 1. The molecule has 0 fully saturated rings. The van der Waals surface area contributed by atoms with Crippen LogP contribution < -0.4 is 0 Å². The fourth-order valence-electron chi connectivity index (χ4n) is 1.16. The molecule has 0 N–H and O–H groups in total. The maximum atomic E-state index is 11.7. The molecule has 1 amide bonds. The SMILES string of the molecule is C=CC(=O)N(/C=C\C)C(/C=C\C(C)=C/C)=C/C. The molecule has 0 unspecified atom stereocenters. The highest BCUT2D eigenvalue weighted by molar-refractivity contribution is 5.89. The van der Waals surface area contributed by atoms with Gasteiger partial charge in [-0.1, -0.05) is 36.5 Å². The van der Waals surface area contributed by atoms with E-state index in [1.165, 1.54) is 6.08 Å². The summed E-state index contributed by atoms with van der Waals surface area (Å²) < 4.78 is 0. The lowest BCUT2D eigenvalue weighted by Gasteiger charge is -2.17. The molecule has 2 nitrogen and oxygen atoms in total. The summed E-state index contributed by atoms with van der Waals surface area (Å²) in [4.78, 5) is 13.2. The first-order valence-corrected chi connectivity index (χ1v) is 5.66. The van der Waals surface area contributed by atoms with Crippen LogP contribution in [0.3, 0.4) is 0 Å². The number of nitrogens with zero attached hydrogens (tertiary/aromatic N) is 1. The molecular formula is C15H21NO. The van der Waals surface area contributed by atoms with Crippen LogP contribution in [-0.4, -0.2) is 10.8 Å². The molecule has 0 saturated heterocycles. The van der Waals surface area contributed by atoms with Gasteiger partial charge >= 0.3 is 0 Å². The summed E-state index contributed by atoms with van der Waals surface area (Å²) in [5.74, 6) is -0.140. The van der Waals surface area contributed by atoms with E-state index in [9.17, 15) is 4.79 Å². The van der Waals surface area contributed by atoms with Crippen LogP contribution in [0.5, 0.6) is 0 Å². The Morgan fingerprint density at radius 2 is 1.76 bits per heavy atom. The second kappa shape index (κ2) is 8.34. The summed E-state index contributed by atoms with van der Waals surface area (Å²) in [6.45, 7) is 11.3. The zero-order valence-electron chi connectivity index (χ0n) is 11.1. The van der Waals surface area contributed by atoms with E-state index in [1.54, 1.807) is 11.1 Å². The van der Waals surface area contributed by atoms with Gasteiger partial charge in [-0.05, 0) is 39.8 Å². The Kier molecular flexibility index (Phi) is 7.44. The number of hydrogen-bond acceptors (Lipinski definition) is 1. The van der Waals surface area contributed by atoms with Crippen molar-refractivity contribution in [1.82, 2.24) is 4.90 Å². The van der Waals surface area contributed by atoms with Gasteiger partial charge in [0.25, 0.3) is 5.91 Å². The van der Waals surface area contributed by atoms with Crippen LogP contribution in [0.1, 0.15) is 27.7 Å². The van der Waals surface area contributed by atoms with Gasteiger partial charge in [0.2, 0.25) is 0 Å². The molecule has 17 heavy (non-hydrogen) atoms. The molecular weight excluding hydrogens is 210 g/mol. The number of hydrogen-bond donors (Lipinski definition) is 0. The Bertz CT molecular complexity index is 384. The molecule has 2 heteroatoms. The van der Waals surface area contributed by atoms with Gasteiger partial charge in [0, 0.05) is 11.9 Å². The molecule has 0 heterocycles. The quantitative estimate of drug-likeness (QED) is 0.518. The van der Waals surface area contributed by atoms with E-state index in [0.717, 1.165) is 11.3 Å². The Morgan fingerprint density at radius 3 is 2.18 bits per heavy atom. The molecule has 0 aliphatic heterocycles. The fraction of sp³-hybridized carbons (Fsp3) is 0.267. The zero-order valence-corrected chi connectivity index (χ0v) is 11.1. The van der Waals surface area contributed by atoms with Crippen LogP contribution in [0, 0.1) is 0 Å². The van der Waals surface area contributed by atoms with Crippen LogP contribution >= 0.6 is 0 Å². The third kappa shape index (κ3) is 5.16. The van der Waals surface area contributed by atoms with E-state index < -0.39 is 0 Å². The summed E-state index contributed by atoms with van der Waals surface area (Å²) in [6.07, 6.45) is 12.6. The Hall–Kier alpha value is -1.83. The highest BCUT2D eigenvalue weighted by Crippen LogP contribution is 2.10. The highest BCUT2D eigenvalue weighted by Gasteiger charge is 2.08. The Balaban J connectivity index is 5.14. The molecule has 0 aromatic carbocycles. The first-order valence-electron chi connectivity index (χ1n) is 5.66. The van der Waals surface area contributed by atoms with Crippen molar-refractivity contribution in [2.45, 2.75) is 27.7 Å². The van der Waals surface area contributed by atoms with E-state index in [-0.39, 0.29) is 5.91 Å². The molecule has 0 aromatic heterocycles. The average molecular weight is 231 g/mol. The third-order valence-electron chi connectivity index (χ3n) is 2.26. The lowest BCUT2D eigenvalue weighted by Crippen LogP contribution is -2.21. The molecule has 0 radical (unpaired) electrons. The summed E-state index contributed by atoms with van der Waals surface area (Å²) in [5.41, 5.74) is 1.98. The minimum Gasteiger partial charge on any atom is -0.285 e. The molecule has 0 saturated carbocycles. The molecule has 0 bridgehead atoms. The van der Waals surface area contributed by atoms with Crippen LogP contribution in [-0.2, 0) is 4.79 Å². The van der Waals surface area contributed by atoms with Crippen molar-refractivity contribution in [3.63, 3.8) is 0 Å². The Morgan fingerprint density at radius 1 is 1.12 bits per heavy atom. The molecule has 0 rings (SSSR count). The fourth-order valence-corrected chi connectivity index (χ4v) is 1.16. The summed E-state index contributed by atoms with van der Waals surface area (Å²) >= 11 is 0. The van der Waals surface area contributed by atoms with Crippen LogP contribution in [0.2, 0.25) is 0 Å². The van der Waals surface area contributed by atoms with Gasteiger partial charge < -0.3 is 0 Å². The van der Waals surface area contributed by atoms with E-state index in [1.807, 2.05) is 58.1 Å². The summed E-state index contributed by atoms with van der Waals surface area (Å²) in [5, 5.41) is 0. The summed E-state index contributed by atoms with van der Waals surface area (Å²) in [6, 6.07) is 0. The second-order valence-corrected chi connectivity index (χ2v) is 3.47. The molecule has 92 valence electrons. The normalized spacial score (nSPS) is 13.4. The van der Waals surface area contributed by atoms with Gasteiger partial charge in [-0.25, -0.2) is 0 Å². The summed E-state index contributed by atoms with van der Waals surface area (Å²) in [7, 11) is 0. The van der Waals surface area contributed by atoms with E-state index >= 15 is 0 Å². The van der Waals surface area contributed by atoms with E-state index in [0.29, 0.717) is 0 Å². The largest absolute Gasteiger partial charge is 0.285 e. The smallest absolute Gasteiger partial charge is 0.254 e. The second-order valence-electron chi connectivity index (χ2n) is 3.47. The standard InChI is InChI=1S/C15H21NO/c1-6-12-16(15(17)9-4)14(8-3)11-10-13(5)7-2/h6-12H,4H2,1-3,5H3/b11-10-,12-6-,13-7-,14-8+. The Labute approximate surface area is 104 Å². The van der Waals surface area contributed by atoms with Gasteiger partial charge in [-0.3, -0.25) is 9.69 Å². The highest BCUT2D eigenvalue weighted by atomic mass is 16.2. The minimum absolute atomic E-state index is 0.140. The van der Waals surface area contributed by atoms with Gasteiger partial charge in [-0.2, -0.15) is 0 Å². The van der Waals surface area contributed by atoms with Crippen LogP contribution in [0.15, 0.2) is 60.5 Å². The zero-order chi connectivity index (χ0) is 13.3. The molecule has 0 aliphatic rings. The monoisotopic (exact) mass is 231 g/mol. The van der Waals surface area contributed by atoms with Gasteiger partial charge in [0.1, 0.15) is 0 Å². The number of carbonyl (C=O) groups is 1. The topological polar surface area (TPSA) is 20.3 Å². The predicted octanol–water partition coefficient (Wildman–Crippen LogP) is 3.96. The van der Waals surface area contributed by atoms with E-state index in [2.05, 4.69) is 6.58 Å². The lowest BCUT2D eigenvalue weighted by atomic mass is 10.2. The molecule has 0 atom stereocenters. The van der Waals surface area contributed by atoms with Crippen molar-refractivity contribution in [2.75, 3.05) is 0 Å². The predicted molar refractivity (Wildman–Crippen MR) is 74.2 cm³/mol. The lowest BCUT2D eigenvalue weighted by molar-refractivity contribution is -0.121. The number of rotatable bonds is 5. The van der Waals surface area contributed by atoms with Gasteiger partial charge in [-0.15, -0.1) is 0 Å². The van der Waals surface area contributed by atoms with Gasteiger partial charge in [0.05, 0.1) is 0 Å². The molecule has 0 spiro atoms. The first-order chi connectivity index (χ1) is 8.10. The van der Waals surface area contributed by atoms with Crippen molar-refractivity contribution in [1.29, 1.82) is 0 Å². The first kappa shape index (κ1) is 15.2. The third-order valence-corrected chi connectivity index (χ3v) is 2.26. The van der Waals surface area contributed by atoms with Crippen LogP contribution in [0.4, 0.5) is 0 Å². The average Bonchev–Trinajstić information content (AvgIpc) is 2.36. The van der Waals surface area contributed by atoms with Crippen molar-refractivity contribution in [2.24, 2.45) is 0 Å². The van der Waals surface area contributed by atoms with Crippen molar-refractivity contribution >= 4 is 5.91 Å². The maximum absolute atomic E-state index is 11.7. The number of allylic oxidation sites excluding steroid dienone is 6.